The normalized spacial score (nSPS) is 25.1. The average molecular weight is 637 g/mol. The molecule has 4 aliphatic heterocycles. The van der Waals surface area contributed by atoms with E-state index in [0.717, 1.165) is 11.1 Å². The van der Waals surface area contributed by atoms with Gasteiger partial charge in [-0.05, 0) is 32.8 Å². The van der Waals surface area contributed by atoms with E-state index < -0.39 is 0 Å². The first-order valence-electron chi connectivity index (χ1n) is 16.7. The SMILES string of the molecule is CC(C)(C)[C@H]1COC(N(Cc2ccc(CN(C3=N[C@@H](C(C)(C)C)CO3)C3=N[C@@H](C(C)(C)C)CO3)cc2)C2=N[C@@H](C(C)(C)C)CO2)=N1. The van der Waals surface area contributed by atoms with Crippen molar-refractivity contribution in [2.75, 3.05) is 26.4 Å². The summed E-state index contributed by atoms with van der Waals surface area (Å²) in [6, 6.07) is 11.1. The van der Waals surface area contributed by atoms with Crippen LogP contribution >= 0.6 is 0 Å². The van der Waals surface area contributed by atoms with Gasteiger partial charge >= 0.3 is 0 Å². The summed E-state index contributed by atoms with van der Waals surface area (Å²) in [5.74, 6) is 0. The fourth-order valence-corrected chi connectivity index (χ4v) is 5.36. The lowest BCUT2D eigenvalue weighted by atomic mass is 9.88. The Bertz CT molecular complexity index is 1190. The minimum Gasteiger partial charge on any atom is -0.463 e. The third-order valence-corrected chi connectivity index (χ3v) is 9.17. The first-order valence-corrected chi connectivity index (χ1v) is 16.7. The maximum atomic E-state index is 6.17. The maximum absolute atomic E-state index is 6.17. The van der Waals surface area contributed by atoms with Gasteiger partial charge in [0.25, 0.3) is 24.1 Å². The molecule has 0 bridgehead atoms. The van der Waals surface area contributed by atoms with Crippen LogP contribution in [0.1, 0.15) is 94.2 Å². The van der Waals surface area contributed by atoms with E-state index in [2.05, 4.69) is 107 Å². The summed E-state index contributed by atoms with van der Waals surface area (Å²) in [5, 5.41) is 0. The van der Waals surface area contributed by atoms with Crippen molar-refractivity contribution in [2.45, 2.75) is 120 Å². The number of hydrogen-bond acceptors (Lipinski definition) is 10. The van der Waals surface area contributed by atoms with Gasteiger partial charge in [-0.1, -0.05) is 107 Å². The summed E-state index contributed by atoms with van der Waals surface area (Å²) >= 11 is 0. The highest BCUT2D eigenvalue weighted by Crippen LogP contribution is 2.32. The number of hydrogen-bond donors (Lipinski definition) is 0. The first-order chi connectivity index (χ1) is 21.3. The van der Waals surface area contributed by atoms with Crippen molar-refractivity contribution in [1.82, 2.24) is 9.80 Å². The van der Waals surface area contributed by atoms with E-state index in [9.17, 15) is 0 Å². The van der Waals surface area contributed by atoms with Gasteiger partial charge in [-0.25, -0.2) is 29.8 Å². The van der Waals surface area contributed by atoms with E-state index in [1.54, 1.807) is 0 Å². The molecule has 0 aromatic heterocycles. The van der Waals surface area contributed by atoms with Crippen LogP contribution in [0.4, 0.5) is 0 Å². The van der Waals surface area contributed by atoms with Gasteiger partial charge in [0, 0.05) is 0 Å². The second kappa shape index (κ2) is 12.4. The Labute approximate surface area is 276 Å². The van der Waals surface area contributed by atoms with Crippen LogP contribution in [0.2, 0.25) is 0 Å². The molecule has 1 aromatic rings. The van der Waals surface area contributed by atoms with Crippen LogP contribution < -0.4 is 0 Å². The molecule has 254 valence electrons. The second-order valence-corrected chi connectivity index (χ2v) is 17.4. The van der Waals surface area contributed by atoms with Crippen LogP contribution in [0, 0.1) is 21.7 Å². The number of amidine groups is 4. The summed E-state index contributed by atoms with van der Waals surface area (Å²) in [6.07, 6.45) is 0. The molecule has 46 heavy (non-hydrogen) atoms. The molecule has 4 aliphatic rings. The highest BCUT2D eigenvalue weighted by atomic mass is 16.5. The van der Waals surface area contributed by atoms with Gasteiger partial charge in [0.05, 0.1) is 37.3 Å². The molecule has 10 heteroatoms. The number of rotatable bonds is 4. The predicted molar refractivity (Wildman–Crippen MR) is 184 cm³/mol. The highest BCUT2D eigenvalue weighted by Gasteiger charge is 2.40. The molecule has 0 N–H and O–H groups in total. The summed E-state index contributed by atoms with van der Waals surface area (Å²) < 4.78 is 24.7. The molecule has 4 heterocycles. The quantitative estimate of drug-likeness (QED) is 0.375. The number of aliphatic imine (C=N–C) groups is 4. The molecule has 0 aliphatic carbocycles. The molecule has 0 fully saturated rings. The fourth-order valence-electron chi connectivity index (χ4n) is 5.36. The zero-order chi connectivity index (χ0) is 33.7. The zero-order valence-electron chi connectivity index (χ0n) is 30.2. The Morgan fingerprint density at radius 2 is 0.674 bits per heavy atom. The predicted octanol–water partition coefficient (Wildman–Crippen LogP) is 6.49. The Morgan fingerprint density at radius 3 is 0.848 bits per heavy atom. The Balaban J connectivity index is 1.38. The Kier molecular flexibility index (Phi) is 9.16. The van der Waals surface area contributed by atoms with Crippen molar-refractivity contribution in [3.63, 3.8) is 0 Å². The lowest BCUT2D eigenvalue weighted by Crippen LogP contribution is -2.37. The lowest BCUT2D eigenvalue weighted by Gasteiger charge is -2.23. The van der Waals surface area contributed by atoms with E-state index >= 15 is 0 Å². The first kappa shape index (κ1) is 34.0. The molecule has 0 amide bonds. The van der Waals surface area contributed by atoms with Crippen molar-refractivity contribution in [3.05, 3.63) is 35.4 Å². The van der Waals surface area contributed by atoms with Crippen LogP contribution in [0.3, 0.4) is 0 Å². The van der Waals surface area contributed by atoms with Crippen LogP contribution in [-0.2, 0) is 32.0 Å². The van der Waals surface area contributed by atoms with Crippen LogP contribution in [0.15, 0.2) is 44.2 Å². The van der Waals surface area contributed by atoms with Crippen molar-refractivity contribution >= 4 is 24.1 Å². The fraction of sp³-hybridized carbons (Fsp3) is 0.722. The van der Waals surface area contributed by atoms with E-state index in [1.165, 1.54) is 0 Å². The zero-order valence-corrected chi connectivity index (χ0v) is 30.2. The van der Waals surface area contributed by atoms with Gasteiger partial charge < -0.3 is 18.9 Å². The van der Waals surface area contributed by atoms with Crippen LogP contribution in [-0.4, -0.2) is 84.5 Å². The van der Waals surface area contributed by atoms with Crippen molar-refractivity contribution < 1.29 is 18.9 Å². The molecule has 0 spiro atoms. The number of nitrogens with zero attached hydrogens (tertiary/aromatic N) is 6. The monoisotopic (exact) mass is 636 g/mol. The van der Waals surface area contributed by atoms with Gasteiger partial charge in [-0.15, -0.1) is 0 Å². The van der Waals surface area contributed by atoms with Gasteiger partial charge in [0.1, 0.15) is 26.4 Å². The highest BCUT2D eigenvalue weighted by molar-refractivity contribution is 5.95. The van der Waals surface area contributed by atoms with Gasteiger partial charge in [-0.2, -0.15) is 0 Å². The third-order valence-electron chi connectivity index (χ3n) is 9.17. The van der Waals surface area contributed by atoms with E-state index in [-0.39, 0.29) is 45.8 Å². The minimum atomic E-state index is -0.00626. The third kappa shape index (κ3) is 7.80. The summed E-state index contributed by atoms with van der Waals surface area (Å²) in [4.78, 5) is 23.9. The summed E-state index contributed by atoms with van der Waals surface area (Å²) in [6.45, 7) is 29.5. The average Bonchev–Trinajstić information content (AvgIpc) is 3.76. The molecular weight excluding hydrogens is 580 g/mol. The standard InChI is InChI=1S/C36H56N6O4/c1-33(2,3)25-19-43-29(37-25)41(30-38-26(20-44-30)34(4,5)6)17-23-13-15-24(16-14-23)18-42(31-39-27(21-45-31)35(7,8)9)32-40-28(22-46-32)36(10,11)12/h13-16,25-28H,17-22H2,1-12H3/t25-,26-,27-,28-/m1/s1. The summed E-state index contributed by atoms with van der Waals surface area (Å²) in [5.41, 5.74) is 2.16. The Hall–Kier alpha value is -3.30. The Morgan fingerprint density at radius 1 is 0.457 bits per heavy atom. The smallest absolute Gasteiger partial charge is 0.296 e. The van der Waals surface area contributed by atoms with Gasteiger partial charge in [0.2, 0.25) is 0 Å². The van der Waals surface area contributed by atoms with Gasteiger partial charge in [-0.3, -0.25) is 0 Å². The van der Waals surface area contributed by atoms with Crippen molar-refractivity contribution in [1.29, 1.82) is 0 Å². The maximum Gasteiger partial charge on any atom is 0.296 e. The molecule has 0 saturated heterocycles. The second-order valence-electron chi connectivity index (χ2n) is 17.4. The topological polar surface area (TPSA) is 92.8 Å². The molecule has 1 aromatic carbocycles. The number of benzene rings is 1. The van der Waals surface area contributed by atoms with Crippen LogP contribution in [0.5, 0.6) is 0 Å². The van der Waals surface area contributed by atoms with Crippen LogP contribution in [0.25, 0.3) is 0 Å². The molecule has 4 atom stereocenters. The molecule has 10 nitrogen and oxygen atoms in total. The molecular formula is C36H56N6O4. The summed E-state index contributed by atoms with van der Waals surface area (Å²) in [7, 11) is 0. The van der Waals surface area contributed by atoms with Crippen molar-refractivity contribution in [2.24, 2.45) is 41.6 Å². The molecule has 0 saturated carbocycles. The van der Waals surface area contributed by atoms with Crippen molar-refractivity contribution in [3.8, 4) is 0 Å². The molecule has 0 radical (unpaired) electrons. The largest absolute Gasteiger partial charge is 0.463 e. The minimum absolute atomic E-state index is 0.00626. The van der Waals surface area contributed by atoms with E-state index in [4.69, 9.17) is 38.9 Å². The van der Waals surface area contributed by atoms with E-state index in [0.29, 0.717) is 63.6 Å². The van der Waals surface area contributed by atoms with E-state index in [1.807, 2.05) is 9.80 Å². The molecule has 0 unspecified atom stereocenters. The number of ether oxygens (including phenoxy) is 4. The molecule has 5 rings (SSSR count). The lowest BCUT2D eigenvalue weighted by molar-refractivity contribution is 0.202. The van der Waals surface area contributed by atoms with Gasteiger partial charge in [0.15, 0.2) is 0 Å².